The van der Waals surface area contributed by atoms with E-state index in [4.69, 9.17) is 9.52 Å². The zero-order valence-corrected chi connectivity index (χ0v) is 11.7. The van der Waals surface area contributed by atoms with E-state index in [1.165, 1.54) is 0 Å². The van der Waals surface area contributed by atoms with E-state index in [0.717, 1.165) is 6.42 Å². The molecule has 0 saturated carbocycles. The summed E-state index contributed by atoms with van der Waals surface area (Å²) < 4.78 is 16.2. The van der Waals surface area contributed by atoms with Gasteiger partial charge in [-0.1, -0.05) is 0 Å². The maximum Gasteiger partial charge on any atom is 0.372 e. The Morgan fingerprint density at radius 3 is 2.78 bits per heavy atom. The molecular formula is C12H19NO4S. The molecular weight excluding hydrogens is 254 g/mol. The first-order valence-electron chi connectivity index (χ1n) is 5.76. The molecule has 18 heavy (non-hydrogen) atoms. The molecule has 1 aromatic heterocycles. The molecule has 0 spiro atoms. The van der Waals surface area contributed by atoms with Crippen LogP contribution < -0.4 is 5.32 Å². The second kappa shape index (κ2) is 6.70. The average molecular weight is 273 g/mol. The SMILES string of the molecule is Cc1cc(CNC(C)CCS(C)=O)oc1C(=O)O. The molecule has 2 atom stereocenters. The summed E-state index contributed by atoms with van der Waals surface area (Å²) in [4.78, 5) is 10.8. The van der Waals surface area contributed by atoms with Crippen molar-refractivity contribution in [2.45, 2.75) is 32.9 Å². The molecule has 0 aromatic carbocycles. The van der Waals surface area contributed by atoms with Crippen LogP contribution in [0.3, 0.4) is 0 Å². The van der Waals surface area contributed by atoms with Crippen molar-refractivity contribution in [2.75, 3.05) is 12.0 Å². The second-order valence-electron chi connectivity index (χ2n) is 4.38. The van der Waals surface area contributed by atoms with Gasteiger partial charge in [-0.2, -0.15) is 0 Å². The van der Waals surface area contributed by atoms with Crippen molar-refractivity contribution in [2.24, 2.45) is 0 Å². The number of furan rings is 1. The highest BCUT2D eigenvalue weighted by Crippen LogP contribution is 2.14. The van der Waals surface area contributed by atoms with Gasteiger partial charge in [-0.15, -0.1) is 0 Å². The van der Waals surface area contributed by atoms with Gasteiger partial charge in [0.15, 0.2) is 0 Å². The van der Waals surface area contributed by atoms with Gasteiger partial charge in [0.05, 0.1) is 6.54 Å². The molecule has 1 heterocycles. The largest absolute Gasteiger partial charge is 0.475 e. The van der Waals surface area contributed by atoms with Crippen LogP contribution in [0.2, 0.25) is 0 Å². The van der Waals surface area contributed by atoms with Crippen LogP contribution in [0.5, 0.6) is 0 Å². The molecule has 5 nitrogen and oxygen atoms in total. The van der Waals surface area contributed by atoms with Crippen molar-refractivity contribution in [1.29, 1.82) is 0 Å². The van der Waals surface area contributed by atoms with Crippen LogP contribution >= 0.6 is 0 Å². The van der Waals surface area contributed by atoms with E-state index in [-0.39, 0.29) is 11.8 Å². The normalized spacial score (nSPS) is 14.4. The summed E-state index contributed by atoms with van der Waals surface area (Å²) >= 11 is 0. The molecule has 2 N–H and O–H groups in total. The lowest BCUT2D eigenvalue weighted by Crippen LogP contribution is -2.26. The summed E-state index contributed by atoms with van der Waals surface area (Å²) in [6.45, 7) is 4.19. The van der Waals surface area contributed by atoms with E-state index in [1.807, 2.05) is 6.92 Å². The van der Waals surface area contributed by atoms with Crippen LogP contribution in [-0.4, -0.2) is 33.3 Å². The number of carboxylic acid groups (broad SMARTS) is 1. The molecule has 0 aliphatic rings. The third kappa shape index (κ3) is 4.62. The molecule has 0 amide bonds. The Kier molecular flexibility index (Phi) is 5.55. The summed E-state index contributed by atoms with van der Waals surface area (Å²) in [5.74, 6) is 0.211. The fourth-order valence-electron chi connectivity index (χ4n) is 1.57. The Labute approximate surface area is 109 Å². The van der Waals surface area contributed by atoms with Gasteiger partial charge in [-0.3, -0.25) is 4.21 Å². The Balaban J connectivity index is 2.46. The number of aryl methyl sites for hydroxylation is 1. The van der Waals surface area contributed by atoms with Crippen molar-refractivity contribution in [3.05, 3.63) is 23.2 Å². The van der Waals surface area contributed by atoms with E-state index in [0.29, 0.717) is 23.6 Å². The van der Waals surface area contributed by atoms with Gasteiger partial charge in [0.25, 0.3) is 0 Å². The lowest BCUT2D eigenvalue weighted by molar-refractivity contribution is 0.0659. The monoisotopic (exact) mass is 273 g/mol. The van der Waals surface area contributed by atoms with Crippen molar-refractivity contribution in [3.8, 4) is 0 Å². The fourth-order valence-corrected chi connectivity index (χ4v) is 2.25. The molecule has 102 valence electrons. The lowest BCUT2D eigenvalue weighted by Gasteiger charge is -2.11. The first-order valence-corrected chi connectivity index (χ1v) is 7.49. The lowest BCUT2D eigenvalue weighted by atomic mass is 10.2. The topological polar surface area (TPSA) is 79.5 Å². The number of hydrogen-bond donors (Lipinski definition) is 2. The van der Waals surface area contributed by atoms with Gasteiger partial charge in [0.1, 0.15) is 5.76 Å². The number of rotatable bonds is 7. The molecule has 0 radical (unpaired) electrons. The van der Waals surface area contributed by atoms with Crippen LogP contribution in [-0.2, 0) is 17.3 Å². The predicted molar refractivity (Wildman–Crippen MR) is 70.3 cm³/mol. The standard InChI is InChI=1S/C12H19NO4S/c1-8-6-10(17-11(8)12(14)15)7-13-9(2)4-5-18(3)16/h6,9,13H,4-5,7H2,1-3H3,(H,14,15). The first kappa shape index (κ1) is 14.9. The van der Waals surface area contributed by atoms with Crippen LogP contribution in [0, 0.1) is 6.92 Å². The Bertz CT molecular complexity index is 441. The van der Waals surface area contributed by atoms with Crippen LogP contribution in [0.15, 0.2) is 10.5 Å². The third-order valence-electron chi connectivity index (χ3n) is 2.63. The average Bonchev–Trinajstić information content (AvgIpc) is 2.65. The highest BCUT2D eigenvalue weighted by molar-refractivity contribution is 7.84. The fraction of sp³-hybridized carbons (Fsp3) is 0.583. The number of hydrogen-bond acceptors (Lipinski definition) is 4. The Morgan fingerprint density at radius 2 is 2.28 bits per heavy atom. The maximum atomic E-state index is 10.9. The van der Waals surface area contributed by atoms with Crippen molar-refractivity contribution in [1.82, 2.24) is 5.32 Å². The summed E-state index contributed by atoms with van der Waals surface area (Å²) in [6, 6.07) is 1.94. The molecule has 0 saturated heterocycles. The van der Waals surface area contributed by atoms with E-state index in [1.54, 1.807) is 19.2 Å². The number of nitrogens with one attached hydrogen (secondary N) is 1. The zero-order valence-electron chi connectivity index (χ0n) is 10.9. The first-order chi connectivity index (χ1) is 8.40. The number of aromatic carboxylic acids is 1. The molecule has 0 bridgehead atoms. The highest BCUT2D eigenvalue weighted by atomic mass is 32.2. The highest BCUT2D eigenvalue weighted by Gasteiger charge is 2.14. The van der Waals surface area contributed by atoms with E-state index in [2.05, 4.69) is 5.32 Å². The molecule has 6 heteroatoms. The predicted octanol–water partition coefficient (Wildman–Crippen LogP) is 1.53. The van der Waals surface area contributed by atoms with Crippen molar-refractivity contribution in [3.63, 3.8) is 0 Å². The Hall–Kier alpha value is -1.14. The van der Waals surface area contributed by atoms with E-state index in [9.17, 15) is 9.00 Å². The molecule has 1 aromatic rings. The molecule has 0 fully saturated rings. The summed E-state index contributed by atoms with van der Waals surface area (Å²) in [5.41, 5.74) is 0.626. The van der Waals surface area contributed by atoms with Crippen LogP contribution in [0.4, 0.5) is 0 Å². The minimum Gasteiger partial charge on any atom is -0.475 e. The zero-order chi connectivity index (χ0) is 13.7. The van der Waals surface area contributed by atoms with Crippen LogP contribution in [0.1, 0.15) is 35.2 Å². The number of carboxylic acids is 1. The quantitative estimate of drug-likeness (QED) is 0.787. The summed E-state index contributed by atoms with van der Waals surface area (Å²) in [5, 5.41) is 12.1. The minimum atomic E-state index is -1.05. The third-order valence-corrected chi connectivity index (χ3v) is 3.44. The smallest absolute Gasteiger partial charge is 0.372 e. The summed E-state index contributed by atoms with van der Waals surface area (Å²) in [7, 11) is -0.781. The van der Waals surface area contributed by atoms with Gasteiger partial charge in [0.2, 0.25) is 5.76 Å². The van der Waals surface area contributed by atoms with Crippen molar-refractivity contribution >= 4 is 16.8 Å². The summed E-state index contributed by atoms with van der Waals surface area (Å²) in [6.07, 6.45) is 2.50. The second-order valence-corrected chi connectivity index (χ2v) is 5.93. The maximum absolute atomic E-state index is 10.9. The van der Waals surface area contributed by atoms with E-state index < -0.39 is 16.8 Å². The van der Waals surface area contributed by atoms with Gasteiger partial charge >= 0.3 is 5.97 Å². The molecule has 2 unspecified atom stereocenters. The number of carbonyl (C=O) groups is 1. The minimum absolute atomic E-state index is 0.00545. The van der Waals surface area contributed by atoms with Gasteiger partial charge in [-0.05, 0) is 26.3 Å². The molecule has 0 aliphatic carbocycles. The van der Waals surface area contributed by atoms with Crippen LogP contribution in [0.25, 0.3) is 0 Å². The van der Waals surface area contributed by atoms with E-state index >= 15 is 0 Å². The Morgan fingerprint density at radius 1 is 1.61 bits per heavy atom. The van der Waals surface area contributed by atoms with Crippen molar-refractivity contribution < 1.29 is 18.5 Å². The van der Waals surface area contributed by atoms with Gasteiger partial charge in [0, 0.05) is 34.4 Å². The van der Waals surface area contributed by atoms with Gasteiger partial charge < -0.3 is 14.8 Å². The molecule has 1 rings (SSSR count). The van der Waals surface area contributed by atoms with Gasteiger partial charge in [-0.25, -0.2) is 4.79 Å². The molecule has 0 aliphatic heterocycles.